The highest BCUT2D eigenvalue weighted by Gasteiger charge is 2.02. The highest BCUT2D eigenvalue weighted by atomic mass is 35.5. The minimum atomic E-state index is 0.400. The lowest BCUT2D eigenvalue weighted by Gasteiger charge is -1.98. The number of aryl methyl sites for hydroxylation is 2. The molecule has 2 N–H and O–H groups in total. The van der Waals surface area contributed by atoms with E-state index in [0.717, 1.165) is 13.0 Å². The second-order valence-corrected chi connectivity index (χ2v) is 4.19. The summed E-state index contributed by atoms with van der Waals surface area (Å²) in [6.45, 7) is 0.813. The fourth-order valence-corrected chi connectivity index (χ4v) is 2.06. The number of aromatic nitrogens is 2. The number of thiophene rings is 1. The molecule has 3 nitrogen and oxygen atoms in total. The summed E-state index contributed by atoms with van der Waals surface area (Å²) < 4.78 is 1.77. The van der Waals surface area contributed by atoms with E-state index >= 15 is 0 Å². The Bertz CT molecular complexity index is 388. The average molecular weight is 228 g/mol. The van der Waals surface area contributed by atoms with Crippen molar-refractivity contribution in [1.82, 2.24) is 9.78 Å². The standard InChI is InChI=1S/C9H10ClN3S/c10-8-5-13(12-9(8)11)3-1-7-2-4-14-6-7/h2,4-6H,1,3H2,(H2,11,12). The molecule has 0 aliphatic carbocycles. The van der Waals surface area contributed by atoms with E-state index in [-0.39, 0.29) is 0 Å². The minimum Gasteiger partial charge on any atom is -0.381 e. The van der Waals surface area contributed by atoms with Gasteiger partial charge in [-0.1, -0.05) is 11.6 Å². The van der Waals surface area contributed by atoms with Gasteiger partial charge in [0.1, 0.15) is 5.02 Å². The quantitative estimate of drug-likeness (QED) is 0.875. The van der Waals surface area contributed by atoms with E-state index in [2.05, 4.69) is 21.9 Å². The number of anilines is 1. The zero-order valence-electron chi connectivity index (χ0n) is 7.48. The molecule has 2 heterocycles. The Kier molecular flexibility index (Phi) is 2.74. The lowest BCUT2D eigenvalue weighted by atomic mass is 10.2. The number of nitrogens with zero attached hydrogens (tertiary/aromatic N) is 2. The summed E-state index contributed by atoms with van der Waals surface area (Å²) in [6.07, 6.45) is 2.71. The number of nitrogens with two attached hydrogens (primary N) is 1. The second-order valence-electron chi connectivity index (χ2n) is 3.01. The molecule has 2 rings (SSSR count). The number of hydrogen-bond donors (Lipinski definition) is 1. The minimum absolute atomic E-state index is 0.400. The van der Waals surface area contributed by atoms with E-state index in [1.165, 1.54) is 5.56 Å². The predicted molar refractivity (Wildman–Crippen MR) is 59.7 cm³/mol. The van der Waals surface area contributed by atoms with Crippen LogP contribution in [0.4, 0.5) is 5.82 Å². The topological polar surface area (TPSA) is 43.8 Å². The van der Waals surface area contributed by atoms with Crippen molar-refractivity contribution >= 4 is 28.8 Å². The molecule has 0 saturated carbocycles. The normalized spacial score (nSPS) is 10.6. The van der Waals surface area contributed by atoms with Crippen LogP contribution in [0, 0.1) is 0 Å². The summed E-state index contributed by atoms with van der Waals surface area (Å²) in [4.78, 5) is 0. The van der Waals surface area contributed by atoms with E-state index < -0.39 is 0 Å². The summed E-state index contributed by atoms with van der Waals surface area (Å²) in [7, 11) is 0. The van der Waals surface area contributed by atoms with Crippen molar-refractivity contribution in [3.05, 3.63) is 33.6 Å². The molecule has 2 aromatic heterocycles. The van der Waals surface area contributed by atoms with E-state index in [1.54, 1.807) is 22.2 Å². The summed E-state index contributed by atoms with van der Waals surface area (Å²) in [5.41, 5.74) is 6.85. The van der Waals surface area contributed by atoms with E-state index in [9.17, 15) is 0 Å². The SMILES string of the molecule is Nc1nn(CCc2ccsc2)cc1Cl. The summed E-state index contributed by atoms with van der Waals surface area (Å²) in [6, 6.07) is 2.11. The Balaban J connectivity index is 1.98. The highest BCUT2D eigenvalue weighted by Crippen LogP contribution is 2.15. The molecule has 2 aromatic rings. The van der Waals surface area contributed by atoms with Crippen LogP contribution in [0.2, 0.25) is 5.02 Å². The fraction of sp³-hybridized carbons (Fsp3) is 0.222. The van der Waals surface area contributed by atoms with Gasteiger partial charge in [-0.05, 0) is 28.8 Å². The monoisotopic (exact) mass is 227 g/mol. The summed E-state index contributed by atoms with van der Waals surface area (Å²) >= 11 is 7.49. The number of rotatable bonds is 3. The zero-order valence-corrected chi connectivity index (χ0v) is 9.05. The molecule has 0 atom stereocenters. The smallest absolute Gasteiger partial charge is 0.164 e. The van der Waals surface area contributed by atoms with E-state index in [1.807, 2.05) is 0 Å². The molecule has 5 heteroatoms. The first-order chi connectivity index (χ1) is 6.75. The van der Waals surface area contributed by atoms with Gasteiger partial charge in [0.2, 0.25) is 0 Å². The molecule has 74 valence electrons. The first kappa shape index (κ1) is 9.55. The Morgan fingerprint density at radius 2 is 2.43 bits per heavy atom. The van der Waals surface area contributed by atoms with Crippen molar-refractivity contribution < 1.29 is 0 Å². The summed E-state index contributed by atoms with van der Waals surface area (Å²) in [5.74, 6) is 0.400. The number of nitrogen functional groups attached to an aromatic ring is 1. The first-order valence-electron chi connectivity index (χ1n) is 4.25. The highest BCUT2D eigenvalue weighted by molar-refractivity contribution is 7.07. The van der Waals surface area contributed by atoms with Crippen LogP contribution in [0.3, 0.4) is 0 Å². The Labute approximate surface area is 91.1 Å². The molecule has 0 saturated heterocycles. The van der Waals surface area contributed by atoms with Crippen molar-refractivity contribution in [2.75, 3.05) is 5.73 Å². The molecule has 0 amide bonds. The molecule has 0 fully saturated rings. The van der Waals surface area contributed by atoms with Crippen LogP contribution in [-0.4, -0.2) is 9.78 Å². The van der Waals surface area contributed by atoms with Crippen LogP contribution in [-0.2, 0) is 13.0 Å². The van der Waals surface area contributed by atoms with Gasteiger partial charge < -0.3 is 5.73 Å². The third-order valence-corrected chi connectivity index (χ3v) is 2.98. The Hall–Kier alpha value is -1.00. The van der Waals surface area contributed by atoms with Crippen molar-refractivity contribution in [3.8, 4) is 0 Å². The van der Waals surface area contributed by atoms with Crippen molar-refractivity contribution in [2.24, 2.45) is 0 Å². The second kappa shape index (κ2) is 4.02. The zero-order chi connectivity index (χ0) is 9.97. The van der Waals surface area contributed by atoms with Gasteiger partial charge in [0.25, 0.3) is 0 Å². The van der Waals surface area contributed by atoms with Gasteiger partial charge >= 0.3 is 0 Å². The maximum Gasteiger partial charge on any atom is 0.164 e. The van der Waals surface area contributed by atoms with E-state index in [0.29, 0.717) is 10.8 Å². The third-order valence-electron chi connectivity index (χ3n) is 1.95. The van der Waals surface area contributed by atoms with Gasteiger partial charge in [-0.3, -0.25) is 4.68 Å². The first-order valence-corrected chi connectivity index (χ1v) is 5.57. The Morgan fingerprint density at radius 3 is 3.00 bits per heavy atom. The number of hydrogen-bond acceptors (Lipinski definition) is 3. The fourth-order valence-electron chi connectivity index (χ4n) is 1.21. The molecule has 0 bridgehead atoms. The van der Waals surface area contributed by atoms with Crippen molar-refractivity contribution in [1.29, 1.82) is 0 Å². The average Bonchev–Trinajstić information content (AvgIpc) is 2.74. The Morgan fingerprint density at radius 1 is 1.57 bits per heavy atom. The van der Waals surface area contributed by atoms with Crippen LogP contribution in [0.5, 0.6) is 0 Å². The van der Waals surface area contributed by atoms with Gasteiger partial charge in [-0.2, -0.15) is 16.4 Å². The van der Waals surface area contributed by atoms with Crippen LogP contribution in [0.25, 0.3) is 0 Å². The lowest BCUT2D eigenvalue weighted by molar-refractivity contribution is 0.618. The summed E-state index contributed by atoms with van der Waals surface area (Å²) in [5, 5.41) is 8.80. The lowest BCUT2D eigenvalue weighted by Crippen LogP contribution is -2.01. The van der Waals surface area contributed by atoms with Crippen LogP contribution >= 0.6 is 22.9 Å². The van der Waals surface area contributed by atoms with Gasteiger partial charge in [-0.25, -0.2) is 0 Å². The molecule has 0 unspecified atom stereocenters. The molecular formula is C9H10ClN3S. The van der Waals surface area contributed by atoms with Crippen LogP contribution in [0.15, 0.2) is 23.0 Å². The molecule has 0 aliphatic heterocycles. The van der Waals surface area contributed by atoms with Gasteiger partial charge in [0.15, 0.2) is 5.82 Å². The molecule has 0 radical (unpaired) electrons. The molecule has 14 heavy (non-hydrogen) atoms. The largest absolute Gasteiger partial charge is 0.381 e. The molecule has 0 aliphatic rings. The van der Waals surface area contributed by atoms with Crippen LogP contribution in [0.1, 0.15) is 5.56 Å². The maximum absolute atomic E-state index is 5.78. The van der Waals surface area contributed by atoms with Crippen molar-refractivity contribution in [3.63, 3.8) is 0 Å². The maximum atomic E-state index is 5.78. The van der Waals surface area contributed by atoms with E-state index in [4.69, 9.17) is 17.3 Å². The third kappa shape index (κ3) is 2.08. The van der Waals surface area contributed by atoms with Crippen LogP contribution < -0.4 is 5.73 Å². The van der Waals surface area contributed by atoms with Crippen molar-refractivity contribution in [2.45, 2.75) is 13.0 Å². The number of halogens is 1. The van der Waals surface area contributed by atoms with Gasteiger partial charge in [0.05, 0.1) is 0 Å². The van der Waals surface area contributed by atoms with Gasteiger partial charge in [-0.15, -0.1) is 0 Å². The predicted octanol–water partition coefficient (Wildman–Crippen LogP) is 2.42. The molecule has 0 aromatic carbocycles. The molecular weight excluding hydrogens is 218 g/mol. The van der Waals surface area contributed by atoms with Gasteiger partial charge in [0, 0.05) is 12.7 Å². The molecule has 0 spiro atoms.